The van der Waals surface area contributed by atoms with Gasteiger partial charge in [-0.1, -0.05) is 31.2 Å². The average Bonchev–Trinajstić information content (AvgIpc) is 3.68. The molecule has 48 heavy (non-hydrogen) atoms. The van der Waals surface area contributed by atoms with Crippen molar-refractivity contribution in [3.63, 3.8) is 0 Å². The highest BCUT2D eigenvalue weighted by Crippen LogP contribution is 2.45. The monoisotopic (exact) mass is 646 g/mol. The van der Waals surface area contributed by atoms with E-state index in [0.717, 1.165) is 80.1 Å². The van der Waals surface area contributed by atoms with Gasteiger partial charge in [-0.05, 0) is 67.4 Å². The lowest BCUT2D eigenvalue weighted by Gasteiger charge is -2.36. The standard InChI is InChI=1S/C38H46N8O2/c1-25-15-16-38(3,41-32-14-12-31(21-34(32)48-6)46-19-17-45(18-20-46)26(2)47)39-22-29-11-13-33-36(35(25)29)37(44(5)42-33)28-9-7-27(8-10-28)30-23-40-43(4)24-30/h7-10,12,14,21-25,41H,11,13,15-20H2,1-6H3/b39-22-. The third-order valence-corrected chi connectivity index (χ3v) is 10.3. The van der Waals surface area contributed by atoms with E-state index in [4.69, 9.17) is 14.8 Å². The summed E-state index contributed by atoms with van der Waals surface area (Å²) in [6.07, 6.45) is 9.74. The van der Waals surface area contributed by atoms with Crippen LogP contribution in [-0.2, 0) is 25.3 Å². The van der Waals surface area contributed by atoms with Crippen LogP contribution in [0, 0.1) is 5.92 Å². The smallest absolute Gasteiger partial charge is 0.219 e. The molecule has 250 valence electrons. The van der Waals surface area contributed by atoms with Crippen LogP contribution < -0.4 is 15.0 Å². The molecule has 2 unspecified atom stereocenters. The zero-order chi connectivity index (χ0) is 33.6. The van der Waals surface area contributed by atoms with Crippen LogP contribution in [0.5, 0.6) is 5.75 Å². The fourth-order valence-electron chi connectivity index (χ4n) is 7.58. The van der Waals surface area contributed by atoms with Gasteiger partial charge in [0.1, 0.15) is 11.4 Å². The van der Waals surface area contributed by atoms with Crippen molar-refractivity contribution in [2.24, 2.45) is 25.0 Å². The third kappa shape index (κ3) is 6.00. The van der Waals surface area contributed by atoms with E-state index in [1.807, 2.05) is 29.0 Å². The van der Waals surface area contributed by atoms with E-state index in [2.05, 4.69) is 89.6 Å². The van der Waals surface area contributed by atoms with Gasteiger partial charge in [0.15, 0.2) is 0 Å². The molecule has 7 rings (SSSR count). The number of benzene rings is 2. The molecule has 0 radical (unpaired) electrons. The maximum Gasteiger partial charge on any atom is 0.219 e. The Bertz CT molecular complexity index is 1890. The van der Waals surface area contributed by atoms with Crippen LogP contribution in [0.15, 0.2) is 65.4 Å². The number of carbonyl (C=O) groups excluding carboxylic acids is 1. The lowest BCUT2D eigenvalue weighted by atomic mass is 9.78. The first-order valence-corrected chi connectivity index (χ1v) is 17.0. The van der Waals surface area contributed by atoms with E-state index in [-0.39, 0.29) is 5.91 Å². The van der Waals surface area contributed by atoms with Gasteiger partial charge < -0.3 is 19.9 Å². The Morgan fingerprint density at radius 2 is 1.75 bits per heavy atom. The lowest BCUT2D eigenvalue weighted by molar-refractivity contribution is -0.129. The van der Waals surface area contributed by atoms with Gasteiger partial charge >= 0.3 is 0 Å². The number of aromatic nitrogens is 4. The van der Waals surface area contributed by atoms with Gasteiger partial charge in [-0.15, -0.1) is 0 Å². The summed E-state index contributed by atoms with van der Waals surface area (Å²) < 4.78 is 9.78. The number of hydrogen-bond donors (Lipinski definition) is 1. The normalized spacial score (nSPS) is 21.7. The number of rotatable bonds is 6. The molecule has 2 aromatic carbocycles. The SMILES string of the molecule is COc1cc(N2CCN(C(C)=O)CC2)ccc1NC1(C)CCC(C)C2=C(/C=N\1)CCc1nn(C)c(-c3ccc(-c4cnn(C)c4)cc3)c12. The molecular formula is C38H46N8O2. The number of aliphatic imine (C=N–C) groups is 1. The molecule has 1 amide bonds. The van der Waals surface area contributed by atoms with Gasteiger partial charge in [0.2, 0.25) is 5.91 Å². The van der Waals surface area contributed by atoms with E-state index in [0.29, 0.717) is 5.92 Å². The zero-order valence-corrected chi connectivity index (χ0v) is 29.0. The summed E-state index contributed by atoms with van der Waals surface area (Å²) in [6, 6.07) is 15.1. The van der Waals surface area contributed by atoms with Crippen molar-refractivity contribution in [1.82, 2.24) is 24.5 Å². The highest BCUT2D eigenvalue weighted by molar-refractivity contribution is 5.97. The number of ether oxygens (including phenoxy) is 1. The number of nitrogens with one attached hydrogen (secondary N) is 1. The summed E-state index contributed by atoms with van der Waals surface area (Å²) >= 11 is 0. The molecule has 0 bridgehead atoms. The highest BCUT2D eigenvalue weighted by atomic mass is 16.5. The number of carbonyl (C=O) groups is 1. The average molecular weight is 647 g/mol. The predicted molar refractivity (Wildman–Crippen MR) is 192 cm³/mol. The van der Waals surface area contributed by atoms with E-state index in [1.54, 1.807) is 14.0 Å². The van der Waals surface area contributed by atoms with Crippen LogP contribution >= 0.6 is 0 Å². The Hall–Kier alpha value is -4.86. The molecule has 2 aromatic heterocycles. The quantitative estimate of drug-likeness (QED) is 0.269. The molecule has 4 aromatic rings. The number of piperazine rings is 1. The first-order chi connectivity index (χ1) is 23.1. The number of aryl methyl sites for hydroxylation is 3. The molecule has 3 aliphatic rings. The molecule has 2 atom stereocenters. The molecule has 1 saturated heterocycles. The minimum Gasteiger partial charge on any atom is -0.495 e. The van der Waals surface area contributed by atoms with Crippen molar-refractivity contribution in [2.75, 3.05) is 43.5 Å². The molecule has 0 spiro atoms. The Labute approximate surface area is 283 Å². The number of allylic oxidation sites excluding steroid dienone is 2. The van der Waals surface area contributed by atoms with Crippen molar-refractivity contribution >= 4 is 29.1 Å². The van der Waals surface area contributed by atoms with Crippen molar-refractivity contribution < 1.29 is 9.53 Å². The molecular weight excluding hydrogens is 600 g/mol. The molecule has 1 aliphatic carbocycles. The summed E-state index contributed by atoms with van der Waals surface area (Å²) in [4.78, 5) is 21.3. The maximum atomic E-state index is 11.8. The number of fused-ring (bicyclic) bond motifs is 2. The van der Waals surface area contributed by atoms with Gasteiger partial charge in [-0.25, -0.2) is 0 Å². The summed E-state index contributed by atoms with van der Waals surface area (Å²) in [5.74, 6) is 1.27. The first kappa shape index (κ1) is 31.7. The van der Waals surface area contributed by atoms with Crippen LogP contribution in [0.25, 0.3) is 28.0 Å². The van der Waals surface area contributed by atoms with Crippen molar-refractivity contribution in [2.45, 2.75) is 52.1 Å². The van der Waals surface area contributed by atoms with E-state index in [1.165, 1.54) is 33.7 Å². The molecule has 2 aliphatic heterocycles. The van der Waals surface area contributed by atoms with Gasteiger partial charge in [0.05, 0.1) is 30.4 Å². The van der Waals surface area contributed by atoms with Gasteiger partial charge in [0.25, 0.3) is 0 Å². The maximum absolute atomic E-state index is 11.8. The Kier molecular flexibility index (Phi) is 8.35. The Morgan fingerprint density at radius 1 is 1.00 bits per heavy atom. The van der Waals surface area contributed by atoms with Crippen LogP contribution in [0.3, 0.4) is 0 Å². The van der Waals surface area contributed by atoms with Crippen LogP contribution in [-0.4, -0.2) is 75.5 Å². The molecule has 10 nitrogen and oxygen atoms in total. The summed E-state index contributed by atoms with van der Waals surface area (Å²) in [7, 11) is 5.73. The fraction of sp³-hybridized carbons (Fsp3) is 0.421. The second-order valence-electron chi connectivity index (χ2n) is 13.7. The van der Waals surface area contributed by atoms with Gasteiger partial charge in [-0.3, -0.25) is 19.2 Å². The van der Waals surface area contributed by atoms with E-state index >= 15 is 0 Å². The Morgan fingerprint density at radius 3 is 2.44 bits per heavy atom. The third-order valence-electron chi connectivity index (χ3n) is 10.3. The second kappa shape index (κ2) is 12.6. The number of anilines is 2. The van der Waals surface area contributed by atoms with Crippen molar-refractivity contribution in [3.05, 3.63) is 71.7 Å². The van der Waals surface area contributed by atoms with Crippen LogP contribution in [0.4, 0.5) is 11.4 Å². The van der Waals surface area contributed by atoms with Gasteiger partial charge in [-0.2, -0.15) is 10.2 Å². The summed E-state index contributed by atoms with van der Waals surface area (Å²) in [5, 5.41) is 13.1. The van der Waals surface area contributed by atoms with Crippen molar-refractivity contribution in [3.8, 4) is 28.1 Å². The minimum absolute atomic E-state index is 0.137. The zero-order valence-electron chi connectivity index (χ0n) is 29.0. The first-order valence-electron chi connectivity index (χ1n) is 17.0. The van der Waals surface area contributed by atoms with Crippen molar-refractivity contribution in [1.29, 1.82) is 0 Å². The largest absolute Gasteiger partial charge is 0.495 e. The topological polar surface area (TPSA) is 92.8 Å². The van der Waals surface area contributed by atoms with E-state index < -0.39 is 5.66 Å². The predicted octanol–water partition coefficient (Wildman–Crippen LogP) is 6.19. The fourth-order valence-corrected chi connectivity index (χ4v) is 7.58. The number of nitrogens with zero attached hydrogens (tertiary/aromatic N) is 7. The van der Waals surface area contributed by atoms with Crippen LogP contribution in [0.1, 0.15) is 51.3 Å². The summed E-state index contributed by atoms with van der Waals surface area (Å²) in [5.41, 5.74) is 11.3. The Balaban J connectivity index is 1.15. The highest BCUT2D eigenvalue weighted by Gasteiger charge is 2.34. The number of methoxy groups -OCH3 is 1. The lowest BCUT2D eigenvalue weighted by Crippen LogP contribution is -2.48. The van der Waals surface area contributed by atoms with Crippen LogP contribution in [0.2, 0.25) is 0 Å². The molecule has 1 N–H and O–H groups in total. The minimum atomic E-state index is -0.491. The van der Waals surface area contributed by atoms with Gasteiger partial charge in [0, 0.05) is 88.1 Å². The molecule has 0 saturated carbocycles. The second-order valence-corrected chi connectivity index (χ2v) is 13.7. The number of amides is 1. The molecule has 1 fully saturated rings. The van der Waals surface area contributed by atoms with E-state index in [9.17, 15) is 4.79 Å². The molecule has 4 heterocycles. The molecule has 10 heteroatoms. The summed E-state index contributed by atoms with van der Waals surface area (Å²) in [6.45, 7) is 9.27. The number of hydrogen-bond acceptors (Lipinski definition) is 7.